The highest BCUT2D eigenvalue weighted by molar-refractivity contribution is 14.0. The molecule has 26 heavy (non-hydrogen) atoms. The van der Waals surface area contributed by atoms with Crippen LogP contribution < -0.4 is 15.4 Å². The van der Waals surface area contributed by atoms with Gasteiger partial charge in [0.15, 0.2) is 5.96 Å². The number of nitrogens with zero attached hydrogens (tertiary/aromatic N) is 1. The Bertz CT molecular complexity index is 654. The fourth-order valence-corrected chi connectivity index (χ4v) is 4.44. The fraction of sp³-hybridized carbons (Fsp3) is 0.650. The van der Waals surface area contributed by atoms with Gasteiger partial charge in [0.1, 0.15) is 11.4 Å². The average Bonchev–Trinajstić information content (AvgIpc) is 3.04. The summed E-state index contributed by atoms with van der Waals surface area (Å²) in [7, 11) is 1.79. The number of para-hydroxylation sites is 1. The molecule has 3 N–H and O–H groups in total. The molecule has 0 aromatic heterocycles. The standard InChI is InChI=1S/C20H29N3O2.HI/c1-21-18(22-14-19(24)9-6-10-19)23-16-13-20(11-4-5-12-20)25-17-8-3-2-7-15(16)17;/h2-3,7-8,16,24H,4-6,9-14H2,1H3,(H2,21,22,23);1H. The van der Waals surface area contributed by atoms with Crippen molar-refractivity contribution in [3.05, 3.63) is 29.8 Å². The van der Waals surface area contributed by atoms with Gasteiger partial charge in [-0.3, -0.25) is 4.99 Å². The third-order valence-corrected chi connectivity index (χ3v) is 6.12. The number of fused-ring (bicyclic) bond motifs is 1. The molecule has 5 nitrogen and oxygen atoms in total. The number of hydrogen-bond donors (Lipinski definition) is 3. The van der Waals surface area contributed by atoms with E-state index in [0.29, 0.717) is 6.54 Å². The largest absolute Gasteiger partial charge is 0.487 e. The third-order valence-electron chi connectivity index (χ3n) is 6.12. The maximum atomic E-state index is 10.3. The molecule has 0 amide bonds. The summed E-state index contributed by atoms with van der Waals surface area (Å²) in [6, 6.07) is 8.52. The number of ether oxygens (including phenoxy) is 1. The summed E-state index contributed by atoms with van der Waals surface area (Å²) in [6.45, 7) is 0.558. The molecule has 1 spiro atoms. The predicted octanol–water partition coefficient (Wildman–Crippen LogP) is 3.52. The van der Waals surface area contributed by atoms with E-state index in [1.807, 2.05) is 6.07 Å². The molecule has 0 bridgehead atoms. The Labute approximate surface area is 173 Å². The van der Waals surface area contributed by atoms with Crippen LogP contribution in [-0.4, -0.2) is 35.9 Å². The Hall–Kier alpha value is -1.02. The zero-order valence-corrected chi connectivity index (χ0v) is 17.8. The molecule has 2 aliphatic carbocycles. The Kier molecular flexibility index (Phi) is 6.01. The molecule has 144 valence electrons. The number of benzene rings is 1. The smallest absolute Gasteiger partial charge is 0.191 e. The maximum Gasteiger partial charge on any atom is 0.191 e. The van der Waals surface area contributed by atoms with Crippen molar-refractivity contribution in [2.75, 3.05) is 13.6 Å². The number of hydrogen-bond acceptors (Lipinski definition) is 3. The topological polar surface area (TPSA) is 65.9 Å². The lowest BCUT2D eigenvalue weighted by atomic mass is 9.80. The second kappa shape index (κ2) is 7.92. The van der Waals surface area contributed by atoms with Crippen molar-refractivity contribution < 1.29 is 9.84 Å². The monoisotopic (exact) mass is 471 g/mol. The molecule has 1 aliphatic heterocycles. The van der Waals surface area contributed by atoms with Crippen LogP contribution in [0.5, 0.6) is 5.75 Å². The Morgan fingerprint density at radius 3 is 2.58 bits per heavy atom. The molecule has 0 radical (unpaired) electrons. The van der Waals surface area contributed by atoms with Gasteiger partial charge < -0.3 is 20.5 Å². The minimum Gasteiger partial charge on any atom is -0.487 e. The van der Waals surface area contributed by atoms with Gasteiger partial charge in [0.2, 0.25) is 0 Å². The normalized spacial score (nSPS) is 25.5. The van der Waals surface area contributed by atoms with Crippen molar-refractivity contribution in [3.63, 3.8) is 0 Å². The first-order valence-corrected chi connectivity index (χ1v) is 9.59. The van der Waals surface area contributed by atoms with E-state index in [-0.39, 0.29) is 35.6 Å². The molecule has 6 heteroatoms. The SMILES string of the molecule is CN=C(NCC1(O)CCC1)NC1CC2(CCCC2)Oc2ccccc21.I. The van der Waals surface area contributed by atoms with Gasteiger partial charge in [-0.25, -0.2) is 0 Å². The van der Waals surface area contributed by atoms with Crippen LogP contribution in [0.3, 0.4) is 0 Å². The molecule has 2 fully saturated rings. The molecule has 1 aromatic rings. The van der Waals surface area contributed by atoms with E-state index in [1.54, 1.807) is 7.05 Å². The van der Waals surface area contributed by atoms with Gasteiger partial charge in [-0.1, -0.05) is 18.2 Å². The van der Waals surface area contributed by atoms with Crippen LogP contribution in [0, 0.1) is 0 Å². The number of aliphatic hydroxyl groups is 1. The van der Waals surface area contributed by atoms with E-state index >= 15 is 0 Å². The van der Waals surface area contributed by atoms with Gasteiger partial charge in [0, 0.05) is 25.6 Å². The summed E-state index contributed by atoms with van der Waals surface area (Å²) in [5.41, 5.74) is 0.611. The predicted molar refractivity (Wildman–Crippen MR) is 114 cm³/mol. The molecule has 2 saturated carbocycles. The average molecular weight is 471 g/mol. The zero-order valence-electron chi connectivity index (χ0n) is 15.5. The van der Waals surface area contributed by atoms with Crippen molar-refractivity contribution in [1.82, 2.24) is 10.6 Å². The molecular weight excluding hydrogens is 441 g/mol. The van der Waals surface area contributed by atoms with Crippen molar-refractivity contribution in [3.8, 4) is 5.75 Å². The summed E-state index contributed by atoms with van der Waals surface area (Å²) in [5, 5.41) is 17.2. The van der Waals surface area contributed by atoms with Gasteiger partial charge in [-0.05, 0) is 51.0 Å². The molecule has 4 rings (SSSR count). The van der Waals surface area contributed by atoms with Crippen molar-refractivity contribution in [1.29, 1.82) is 0 Å². The zero-order chi connectivity index (χ0) is 17.3. The van der Waals surface area contributed by atoms with E-state index in [1.165, 1.54) is 18.4 Å². The molecule has 1 unspecified atom stereocenters. The summed E-state index contributed by atoms with van der Waals surface area (Å²) in [4.78, 5) is 4.37. The number of guanidine groups is 1. The summed E-state index contributed by atoms with van der Waals surface area (Å²) < 4.78 is 6.43. The van der Waals surface area contributed by atoms with Gasteiger partial charge >= 0.3 is 0 Å². The Morgan fingerprint density at radius 1 is 1.19 bits per heavy atom. The van der Waals surface area contributed by atoms with E-state index in [2.05, 4.69) is 33.8 Å². The molecule has 1 heterocycles. The first-order chi connectivity index (χ1) is 12.1. The molecule has 0 saturated heterocycles. The molecule has 3 aliphatic rings. The van der Waals surface area contributed by atoms with E-state index in [0.717, 1.165) is 50.2 Å². The van der Waals surface area contributed by atoms with Crippen LogP contribution in [0.15, 0.2) is 29.3 Å². The number of rotatable bonds is 3. The van der Waals surface area contributed by atoms with Crippen LogP contribution in [0.25, 0.3) is 0 Å². The fourth-order valence-electron chi connectivity index (χ4n) is 4.44. The third kappa shape index (κ3) is 3.96. The number of aliphatic imine (C=N–C) groups is 1. The van der Waals surface area contributed by atoms with E-state index in [4.69, 9.17) is 4.74 Å². The van der Waals surface area contributed by atoms with E-state index in [9.17, 15) is 5.11 Å². The van der Waals surface area contributed by atoms with Gasteiger partial charge in [0.25, 0.3) is 0 Å². The van der Waals surface area contributed by atoms with Gasteiger partial charge in [0.05, 0.1) is 11.6 Å². The highest BCUT2D eigenvalue weighted by Gasteiger charge is 2.43. The minimum atomic E-state index is -0.558. The molecular formula is C20H30IN3O2. The number of halogens is 1. The van der Waals surface area contributed by atoms with Crippen LogP contribution in [-0.2, 0) is 0 Å². The Morgan fingerprint density at radius 2 is 1.92 bits per heavy atom. The second-order valence-electron chi connectivity index (χ2n) is 7.93. The van der Waals surface area contributed by atoms with Gasteiger partial charge in [-0.2, -0.15) is 0 Å². The Balaban J connectivity index is 0.00000196. The quantitative estimate of drug-likeness (QED) is 0.359. The highest BCUT2D eigenvalue weighted by atomic mass is 127. The van der Waals surface area contributed by atoms with Crippen LogP contribution in [0.2, 0.25) is 0 Å². The molecule has 1 atom stereocenters. The summed E-state index contributed by atoms with van der Waals surface area (Å²) in [5.74, 6) is 1.76. The van der Waals surface area contributed by atoms with Crippen LogP contribution >= 0.6 is 24.0 Å². The maximum absolute atomic E-state index is 10.3. The van der Waals surface area contributed by atoms with Crippen molar-refractivity contribution in [2.24, 2.45) is 4.99 Å². The van der Waals surface area contributed by atoms with Crippen molar-refractivity contribution in [2.45, 2.75) is 68.6 Å². The van der Waals surface area contributed by atoms with Gasteiger partial charge in [-0.15, -0.1) is 24.0 Å². The first-order valence-electron chi connectivity index (χ1n) is 9.59. The lowest BCUT2D eigenvalue weighted by Crippen LogP contribution is -2.52. The summed E-state index contributed by atoms with van der Waals surface area (Å²) in [6.07, 6.45) is 8.58. The van der Waals surface area contributed by atoms with Crippen molar-refractivity contribution >= 4 is 29.9 Å². The lowest BCUT2D eigenvalue weighted by Gasteiger charge is -2.41. The lowest BCUT2D eigenvalue weighted by molar-refractivity contribution is -0.0280. The highest BCUT2D eigenvalue weighted by Crippen LogP contribution is 2.46. The number of nitrogens with one attached hydrogen (secondary N) is 2. The minimum absolute atomic E-state index is 0. The summed E-state index contributed by atoms with van der Waals surface area (Å²) >= 11 is 0. The van der Waals surface area contributed by atoms with Crippen LogP contribution in [0.1, 0.15) is 63.0 Å². The second-order valence-corrected chi connectivity index (χ2v) is 7.93. The van der Waals surface area contributed by atoms with E-state index < -0.39 is 5.60 Å². The van der Waals surface area contributed by atoms with Crippen LogP contribution in [0.4, 0.5) is 0 Å². The first kappa shape index (κ1) is 19.7. The molecule has 1 aromatic carbocycles.